The third-order valence-corrected chi connectivity index (χ3v) is 2.74. The van der Waals surface area contributed by atoms with E-state index in [1.807, 2.05) is 0 Å². The third kappa shape index (κ3) is 7.81. The van der Waals surface area contributed by atoms with Gasteiger partial charge in [0.15, 0.2) is 0 Å². The number of primary amides is 1. The fourth-order valence-electron chi connectivity index (χ4n) is 1.55. The number of carbonyl (C=O) groups is 2. The predicted molar refractivity (Wildman–Crippen MR) is 82.2 cm³/mol. The fourth-order valence-corrected chi connectivity index (χ4v) is 1.55. The number of amides is 3. The Morgan fingerprint density at radius 1 is 1.24 bits per heavy atom. The molecule has 6 heteroatoms. The van der Waals surface area contributed by atoms with Crippen LogP contribution in [0.25, 0.3) is 0 Å². The van der Waals surface area contributed by atoms with Gasteiger partial charge in [0.25, 0.3) is 0 Å². The lowest BCUT2D eigenvalue weighted by Gasteiger charge is -2.10. The summed E-state index contributed by atoms with van der Waals surface area (Å²) in [5.41, 5.74) is 5.70. The molecule has 0 spiro atoms. The lowest BCUT2D eigenvalue weighted by Crippen LogP contribution is -2.30. The van der Waals surface area contributed by atoms with Crippen molar-refractivity contribution in [2.75, 3.05) is 18.5 Å². The van der Waals surface area contributed by atoms with Gasteiger partial charge in [0.05, 0.1) is 13.0 Å². The van der Waals surface area contributed by atoms with E-state index < -0.39 is 5.91 Å². The number of benzene rings is 1. The molecule has 21 heavy (non-hydrogen) atoms. The van der Waals surface area contributed by atoms with Crippen molar-refractivity contribution >= 4 is 17.6 Å². The van der Waals surface area contributed by atoms with Crippen LogP contribution in [0.3, 0.4) is 0 Å². The molecule has 4 N–H and O–H groups in total. The van der Waals surface area contributed by atoms with Gasteiger partial charge in [0.2, 0.25) is 5.91 Å². The first-order valence-corrected chi connectivity index (χ1v) is 7.03. The lowest BCUT2D eigenvalue weighted by atomic mass is 10.1. The van der Waals surface area contributed by atoms with E-state index in [2.05, 4.69) is 24.5 Å². The Morgan fingerprint density at radius 3 is 2.48 bits per heavy atom. The number of nitrogens with two attached hydrogens (primary N) is 1. The average molecular weight is 293 g/mol. The smallest absolute Gasteiger partial charge is 0.319 e. The fraction of sp³-hybridized carbons (Fsp3) is 0.467. The van der Waals surface area contributed by atoms with Gasteiger partial charge in [-0.2, -0.15) is 0 Å². The molecule has 0 radical (unpaired) electrons. The summed E-state index contributed by atoms with van der Waals surface area (Å²) in [6, 6.07) is 6.71. The first kappa shape index (κ1) is 16.8. The molecule has 0 unspecified atom stereocenters. The van der Waals surface area contributed by atoms with Gasteiger partial charge in [0, 0.05) is 12.2 Å². The van der Waals surface area contributed by atoms with Gasteiger partial charge < -0.3 is 21.1 Å². The molecule has 0 atom stereocenters. The van der Waals surface area contributed by atoms with Crippen molar-refractivity contribution < 1.29 is 14.3 Å². The number of hydrogen-bond donors (Lipinski definition) is 3. The van der Waals surface area contributed by atoms with E-state index in [1.165, 1.54) is 0 Å². The van der Waals surface area contributed by atoms with Crippen molar-refractivity contribution in [3.63, 3.8) is 0 Å². The molecule has 0 aliphatic heterocycles. The van der Waals surface area contributed by atoms with Gasteiger partial charge in [-0.3, -0.25) is 4.79 Å². The summed E-state index contributed by atoms with van der Waals surface area (Å²) in [5.74, 6) is 0.788. The number of carbonyl (C=O) groups excluding carboxylic acids is 2. The van der Waals surface area contributed by atoms with Crippen molar-refractivity contribution in [2.24, 2.45) is 11.7 Å². The molecule has 0 aliphatic rings. The van der Waals surface area contributed by atoms with Crippen molar-refractivity contribution in [1.29, 1.82) is 0 Å². The molecule has 1 aromatic rings. The van der Waals surface area contributed by atoms with E-state index in [-0.39, 0.29) is 19.1 Å². The Kier molecular flexibility index (Phi) is 7.08. The van der Waals surface area contributed by atoms with E-state index >= 15 is 0 Å². The van der Waals surface area contributed by atoms with Crippen LogP contribution in [0.1, 0.15) is 26.7 Å². The van der Waals surface area contributed by atoms with Crippen LogP contribution in [-0.4, -0.2) is 25.1 Å². The van der Waals surface area contributed by atoms with Crippen LogP contribution in [0.2, 0.25) is 0 Å². The number of nitrogens with one attached hydrogen (secondary N) is 2. The normalized spacial score (nSPS) is 10.2. The third-order valence-electron chi connectivity index (χ3n) is 2.74. The number of hydrogen-bond acceptors (Lipinski definition) is 3. The summed E-state index contributed by atoms with van der Waals surface area (Å²) in [6.07, 6.45) is 1.12. The maximum atomic E-state index is 11.6. The van der Waals surface area contributed by atoms with Crippen LogP contribution in [-0.2, 0) is 4.79 Å². The lowest BCUT2D eigenvalue weighted by molar-refractivity contribution is -0.118. The zero-order chi connectivity index (χ0) is 15.7. The summed E-state index contributed by atoms with van der Waals surface area (Å²) < 4.78 is 5.34. The van der Waals surface area contributed by atoms with Crippen LogP contribution in [0.5, 0.6) is 5.75 Å². The van der Waals surface area contributed by atoms with Gasteiger partial charge in [-0.15, -0.1) is 0 Å². The first-order valence-electron chi connectivity index (χ1n) is 7.03. The molecule has 116 valence electrons. The van der Waals surface area contributed by atoms with Gasteiger partial charge in [0.1, 0.15) is 5.75 Å². The maximum absolute atomic E-state index is 11.6. The number of urea groups is 1. The summed E-state index contributed by atoms with van der Waals surface area (Å²) in [4.78, 5) is 22.2. The summed E-state index contributed by atoms with van der Waals surface area (Å²) in [6.45, 7) is 5.11. The minimum absolute atomic E-state index is 0.179. The zero-order valence-electron chi connectivity index (χ0n) is 12.5. The second kappa shape index (κ2) is 8.84. The Morgan fingerprint density at radius 2 is 1.90 bits per heavy atom. The highest BCUT2D eigenvalue weighted by Crippen LogP contribution is 2.15. The van der Waals surface area contributed by atoms with Gasteiger partial charge in [-0.25, -0.2) is 4.79 Å². The highest BCUT2D eigenvalue weighted by Gasteiger charge is 2.02. The van der Waals surface area contributed by atoms with Crippen molar-refractivity contribution in [3.8, 4) is 5.75 Å². The second-order valence-electron chi connectivity index (χ2n) is 5.15. The van der Waals surface area contributed by atoms with Crippen LogP contribution < -0.4 is 21.1 Å². The molecule has 0 heterocycles. The maximum Gasteiger partial charge on any atom is 0.319 e. The molecule has 0 aliphatic carbocycles. The molecule has 6 nitrogen and oxygen atoms in total. The summed E-state index contributed by atoms with van der Waals surface area (Å²) in [5, 5.41) is 5.53. The highest BCUT2D eigenvalue weighted by molar-refractivity contribution is 5.89. The minimum atomic E-state index is -0.397. The van der Waals surface area contributed by atoms with Crippen molar-refractivity contribution in [2.45, 2.75) is 26.7 Å². The van der Waals surface area contributed by atoms with E-state index in [0.717, 1.165) is 6.42 Å². The average Bonchev–Trinajstić information content (AvgIpc) is 2.40. The number of rotatable bonds is 8. The predicted octanol–water partition coefficient (Wildman–Crippen LogP) is 2.11. The van der Waals surface area contributed by atoms with E-state index in [4.69, 9.17) is 10.5 Å². The quantitative estimate of drug-likeness (QED) is 0.685. The Labute approximate surface area is 125 Å². The molecule has 0 bridgehead atoms. The Balaban J connectivity index is 2.33. The van der Waals surface area contributed by atoms with Crippen LogP contribution in [0.4, 0.5) is 10.5 Å². The SMILES string of the molecule is CC(C)CCNC(=O)Nc1ccc(OCCC(N)=O)cc1. The molecule has 0 fully saturated rings. The van der Waals surface area contributed by atoms with E-state index in [9.17, 15) is 9.59 Å². The van der Waals surface area contributed by atoms with Gasteiger partial charge in [-0.05, 0) is 36.6 Å². The standard InChI is InChI=1S/C15H23N3O3/c1-11(2)7-9-17-15(20)18-12-3-5-13(6-4-12)21-10-8-14(16)19/h3-6,11H,7-10H2,1-2H3,(H2,16,19)(H2,17,18,20). The molecule has 0 saturated carbocycles. The molecule has 3 amide bonds. The molecular formula is C15H23N3O3. The monoisotopic (exact) mass is 293 g/mol. The zero-order valence-corrected chi connectivity index (χ0v) is 12.5. The minimum Gasteiger partial charge on any atom is -0.493 e. The largest absolute Gasteiger partial charge is 0.493 e. The number of ether oxygens (including phenoxy) is 1. The highest BCUT2D eigenvalue weighted by atomic mass is 16.5. The molecule has 1 rings (SSSR count). The molecule has 0 aromatic heterocycles. The molecule has 1 aromatic carbocycles. The number of anilines is 1. The van der Waals surface area contributed by atoms with Gasteiger partial charge >= 0.3 is 6.03 Å². The van der Waals surface area contributed by atoms with E-state index in [1.54, 1.807) is 24.3 Å². The van der Waals surface area contributed by atoms with Crippen molar-refractivity contribution in [3.05, 3.63) is 24.3 Å². The summed E-state index contributed by atoms with van der Waals surface area (Å²) in [7, 11) is 0. The van der Waals surface area contributed by atoms with Crippen LogP contribution in [0, 0.1) is 5.92 Å². The Bertz CT molecular complexity index is 458. The van der Waals surface area contributed by atoms with Crippen molar-refractivity contribution in [1.82, 2.24) is 5.32 Å². The van der Waals surface area contributed by atoms with Crippen LogP contribution >= 0.6 is 0 Å². The topological polar surface area (TPSA) is 93.4 Å². The summed E-state index contributed by atoms with van der Waals surface area (Å²) >= 11 is 0. The van der Waals surface area contributed by atoms with Gasteiger partial charge in [-0.1, -0.05) is 13.8 Å². The molecule has 0 saturated heterocycles. The first-order chi connectivity index (χ1) is 9.97. The molecular weight excluding hydrogens is 270 g/mol. The second-order valence-corrected chi connectivity index (χ2v) is 5.15. The van der Waals surface area contributed by atoms with Crippen LogP contribution in [0.15, 0.2) is 24.3 Å². The van der Waals surface area contributed by atoms with E-state index in [0.29, 0.717) is 23.9 Å². The Hall–Kier alpha value is -2.24.